The van der Waals surface area contributed by atoms with Crippen molar-refractivity contribution in [1.29, 1.82) is 0 Å². The van der Waals surface area contributed by atoms with Crippen molar-refractivity contribution < 1.29 is 0 Å². The third kappa shape index (κ3) is 4.19. The van der Waals surface area contributed by atoms with E-state index in [0.29, 0.717) is 11.9 Å². The number of nitrogens with zero attached hydrogens (tertiary/aromatic N) is 2. The first-order valence-corrected chi connectivity index (χ1v) is 6.09. The highest BCUT2D eigenvalue weighted by molar-refractivity contribution is 5.56. The molecular weight excluding hydrogens is 214 g/mol. The third-order valence-corrected chi connectivity index (χ3v) is 2.78. The van der Waals surface area contributed by atoms with Crippen LogP contribution in [0.4, 0.5) is 11.6 Å². The average Bonchev–Trinajstić information content (AvgIpc) is 2.29. The number of hydrazine groups is 1. The maximum atomic E-state index is 5.38. The largest absolute Gasteiger partial charge is 0.367 e. The molecule has 0 amide bonds. The molecule has 5 heteroatoms. The van der Waals surface area contributed by atoms with Gasteiger partial charge in [-0.15, -0.1) is 0 Å². The van der Waals surface area contributed by atoms with Crippen molar-refractivity contribution in [2.24, 2.45) is 11.8 Å². The summed E-state index contributed by atoms with van der Waals surface area (Å²) in [7, 11) is 0. The van der Waals surface area contributed by atoms with Gasteiger partial charge in [0, 0.05) is 11.6 Å². The van der Waals surface area contributed by atoms with E-state index in [-0.39, 0.29) is 0 Å². The van der Waals surface area contributed by atoms with Crippen LogP contribution in [0.25, 0.3) is 0 Å². The molecule has 1 rings (SSSR count). The van der Waals surface area contributed by atoms with E-state index in [1.807, 2.05) is 6.92 Å². The van der Waals surface area contributed by atoms with Crippen molar-refractivity contribution in [3.8, 4) is 0 Å². The molecule has 0 aromatic carbocycles. The van der Waals surface area contributed by atoms with Crippen LogP contribution in [-0.4, -0.2) is 16.0 Å². The summed E-state index contributed by atoms with van der Waals surface area (Å²) in [4.78, 5) is 8.29. The molecule has 0 bridgehead atoms. The SMILES string of the molecule is Cc1c(NN)ncnc1NC(C)CCC(C)C. The van der Waals surface area contributed by atoms with Gasteiger partial charge in [0.1, 0.15) is 18.0 Å². The summed E-state index contributed by atoms with van der Waals surface area (Å²) >= 11 is 0. The van der Waals surface area contributed by atoms with E-state index < -0.39 is 0 Å². The van der Waals surface area contributed by atoms with Crippen molar-refractivity contribution in [2.75, 3.05) is 10.7 Å². The van der Waals surface area contributed by atoms with Gasteiger partial charge in [-0.25, -0.2) is 15.8 Å². The fraction of sp³-hybridized carbons (Fsp3) is 0.667. The zero-order valence-corrected chi connectivity index (χ0v) is 11.1. The number of nitrogen functional groups attached to an aromatic ring is 1. The van der Waals surface area contributed by atoms with Crippen LogP contribution in [0, 0.1) is 12.8 Å². The standard InChI is InChI=1S/C12H23N5/c1-8(2)5-6-9(3)16-11-10(4)12(17-13)15-7-14-11/h7-9H,5-6,13H2,1-4H3,(H2,14,15,16,17). The third-order valence-electron chi connectivity index (χ3n) is 2.78. The monoisotopic (exact) mass is 237 g/mol. The van der Waals surface area contributed by atoms with Gasteiger partial charge in [-0.1, -0.05) is 13.8 Å². The lowest BCUT2D eigenvalue weighted by atomic mass is 10.0. The number of anilines is 2. The summed E-state index contributed by atoms with van der Waals surface area (Å²) in [5.41, 5.74) is 3.52. The molecule has 0 saturated heterocycles. The van der Waals surface area contributed by atoms with Crippen molar-refractivity contribution in [1.82, 2.24) is 9.97 Å². The van der Waals surface area contributed by atoms with Gasteiger partial charge in [-0.2, -0.15) is 0 Å². The van der Waals surface area contributed by atoms with Gasteiger partial charge in [0.05, 0.1) is 0 Å². The van der Waals surface area contributed by atoms with Gasteiger partial charge in [0.15, 0.2) is 0 Å². The number of aromatic nitrogens is 2. The molecule has 4 N–H and O–H groups in total. The van der Waals surface area contributed by atoms with E-state index in [2.05, 4.69) is 41.5 Å². The Morgan fingerprint density at radius 1 is 1.18 bits per heavy atom. The Morgan fingerprint density at radius 2 is 1.82 bits per heavy atom. The van der Waals surface area contributed by atoms with Gasteiger partial charge < -0.3 is 10.7 Å². The molecule has 5 nitrogen and oxygen atoms in total. The molecule has 1 atom stereocenters. The Balaban J connectivity index is 2.62. The van der Waals surface area contributed by atoms with E-state index in [4.69, 9.17) is 5.84 Å². The first kappa shape index (κ1) is 13.7. The highest BCUT2D eigenvalue weighted by atomic mass is 15.3. The maximum Gasteiger partial charge on any atom is 0.148 e. The lowest BCUT2D eigenvalue weighted by Gasteiger charge is -2.17. The molecule has 0 aliphatic carbocycles. The van der Waals surface area contributed by atoms with E-state index in [0.717, 1.165) is 23.7 Å². The number of rotatable bonds is 6. The Labute approximate surface area is 103 Å². The summed E-state index contributed by atoms with van der Waals surface area (Å²) in [5, 5.41) is 3.39. The minimum absolute atomic E-state index is 0.400. The normalized spacial score (nSPS) is 12.6. The summed E-state index contributed by atoms with van der Waals surface area (Å²) in [5.74, 6) is 7.63. The van der Waals surface area contributed by atoms with E-state index in [1.54, 1.807) is 0 Å². The number of hydrogen-bond acceptors (Lipinski definition) is 5. The van der Waals surface area contributed by atoms with Gasteiger partial charge in [-0.05, 0) is 32.6 Å². The van der Waals surface area contributed by atoms with Crippen LogP contribution in [0.15, 0.2) is 6.33 Å². The van der Waals surface area contributed by atoms with Crippen LogP contribution in [0.5, 0.6) is 0 Å². The minimum Gasteiger partial charge on any atom is -0.367 e. The smallest absolute Gasteiger partial charge is 0.148 e. The van der Waals surface area contributed by atoms with E-state index >= 15 is 0 Å². The highest BCUT2D eigenvalue weighted by Crippen LogP contribution is 2.19. The molecule has 96 valence electrons. The lowest BCUT2D eigenvalue weighted by Crippen LogP contribution is -2.19. The Hall–Kier alpha value is -1.36. The van der Waals surface area contributed by atoms with Crippen molar-refractivity contribution in [2.45, 2.75) is 46.6 Å². The molecule has 0 fully saturated rings. The second-order valence-corrected chi connectivity index (χ2v) is 4.86. The number of hydrogen-bond donors (Lipinski definition) is 3. The zero-order chi connectivity index (χ0) is 12.8. The predicted molar refractivity (Wildman–Crippen MR) is 71.7 cm³/mol. The van der Waals surface area contributed by atoms with E-state index in [1.165, 1.54) is 12.7 Å². The second-order valence-electron chi connectivity index (χ2n) is 4.86. The number of nitrogens with two attached hydrogens (primary N) is 1. The summed E-state index contributed by atoms with van der Waals surface area (Å²) in [6.07, 6.45) is 3.85. The molecule has 0 spiro atoms. The van der Waals surface area contributed by atoms with Crippen LogP contribution in [0.2, 0.25) is 0 Å². The maximum absolute atomic E-state index is 5.38. The Bertz CT molecular complexity index is 351. The molecule has 0 radical (unpaired) electrons. The van der Waals surface area contributed by atoms with E-state index in [9.17, 15) is 0 Å². The van der Waals surface area contributed by atoms with Gasteiger partial charge in [-0.3, -0.25) is 0 Å². The fourth-order valence-electron chi connectivity index (χ4n) is 1.63. The zero-order valence-electron chi connectivity index (χ0n) is 11.1. The van der Waals surface area contributed by atoms with Crippen LogP contribution in [0.1, 0.15) is 39.2 Å². The van der Waals surface area contributed by atoms with Crippen molar-refractivity contribution in [3.63, 3.8) is 0 Å². The molecule has 1 unspecified atom stereocenters. The minimum atomic E-state index is 0.400. The average molecular weight is 237 g/mol. The Kier molecular flexibility index (Phi) is 5.15. The van der Waals surface area contributed by atoms with Gasteiger partial charge in [0.25, 0.3) is 0 Å². The molecular formula is C12H23N5. The first-order valence-electron chi connectivity index (χ1n) is 6.09. The molecule has 1 aromatic rings. The van der Waals surface area contributed by atoms with Crippen LogP contribution in [-0.2, 0) is 0 Å². The second kappa shape index (κ2) is 6.39. The molecule has 1 aromatic heterocycles. The van der Waals surface area contributed by atoms with Crippen LogP contribution < -0.4 is 16.6 Å². The number of nitrogens with one attached hydrogen (secondary N) is 2. The van der Waals surface area contributed by atoms with Gasteiger partial charge in [0.2, 0.25) is 0 Å². The molecule has 0 aliphatic heterocycles. The fourth-order valence-corrected chi connectivity index (χ4v) is 1.63. The summed E-state index contributed by atoms with van der Waals surface area (Å²) in [6.45, 7) is 8.59. The predicted octanol–water partition coefficient (Wildman–Crippen LogP) is 2.31. The first-order chi connectivity index (χ1) is 8.04. The summed E-state index contributed by atoms with van der Waals surface area (Å²) in [6, 6.07) is 0.400. The lowest BCUT2D eigenvalue weighted by molar-refractivity contribution is 0.527. The molecule has 1 heterocycles. The van der Waals surface area contributed by atoms with Crippen LogP contribution in [0.3, 0.4) is 0 Å². The molecule has 17 heavy (non-hydrogen) atoms. The van der Waals surface area contributed by atoms with Crippen molar-refractivity contribution >= 4 is 11.6 Å². The quantitative estimate of drug-likeness (QED) is 0.523. The topological polar surface area (TPSA) is 75.9 Å². The highest BCUT2D eigenvalue weighted by Gasteiger charge is 2.09. The van der Waals surface area contributed by atoms with Crippen molar-refractivity contribution in [3.05, 3.63) is 11.9 Å². The Morgan fingerprint density at radius 3 is 2.41 bits per heavy atom. The van der Waals surface area contributed by atoms with Crippen LogP contribution >= 0.6 is 0 Å². The summed E-state index contributed by atoms with van der Waals surface area (Å²) < 4.78 is 0. The molecule has 0 aliphatic rings. The van der Waals surface area contributed by atoms with Gasteiger partial charge >= 0.3 is 0 Å². The molecule has 0 saturated carbocycles.